The molecule has 1 N–H and O–H groups in total. The minimum Gasteiger partial charge on any atom is -0.301 e. The van der Waals surface area contributed by atoms with Crippen LogP contribution in [0.25, 0.3) is 0 Å². The summed E-state index contributed by atoms with van der Waals surface area (Å²) in [5, 5.41) is 8.36. The van der Waals surface area contributed by atoms with E-state index in [1.165, 1.54) is 21.7 Å². The van der Waals surface area contributed by atoms with Gasteiger partial charge in [0.15, 0.2) is 5.82 Å². The van der Waals surface area contributed by atoms with Gasteiger partial charge in [0.2, 0.25) is 0 Å². The van der Waals surface area contributed by atoms with Crippen molar-refractivity contribution < 1.29 is 0 Å². The quantitative estimate of drug-likeness (QED) is 0.936. The van der Waals surface area contributed by atoms with E-state index in [0.717, 1.165) is 31.0 Å². The van der Waals surface area contributed by atoms with Gasteiger partial charge in [-0.15, -0.1) is 11.3 Å². The van der Waals surface area contributed by atoms with Crippen molar-refractivity contribution in [3.8, 4) is 0 Å². The van der Waals surface area contributed by atoms with Crippen molar-refractivity contribution in [2.24, 2.45) is 0 Å². The minimum atomic E-state index is 0.321. The van der Waals surface area contributed by atoms with Crippen LogP contribution in [0.2, 0.25) is 0 Å². The van der Waals surface area contributed by atoms with Gasteiger partial charge in [0, 0.05) is 28.8 Å². The molecule has 3 heterocycles. The second kappa shape index (κ2) is 5.89. The third kappa shape index (κ3) is 2.90. The standard InChI is InChI=1S/C16H24N4S/c1-5-15-18-16-14(7-6-8-20(16)19-15)17-11(3)13-9-10(2)21-12(13)4/h9,11,14,17H,5-8H2,1-4H3/t11-,14-/m0/s1. The molecule has 0 amide bonds. The third-order valence-electron chi connectivity index (χ3n) is 4.23. The van der Waals surface area contributed by atoms with Gasteiger partial charge >= 0.3 is 0 Å². The summed E-state index contributed by atoms with van der Waals surface area (Å²) in [7, 11) is 0. The molecule has 2 aromatic heterocycles. The second-order valence-electron chi connectivity index (χ2n) is 5.91. The predicted octanol–water partition coefficient (Wildman–Crippen LogP) is 3.70. The van der Waals surface area contributed by atoms with Crippen LogP contribution in [0.5, 0.6) is 0 Å². The van der Waals surface area contributed by atoms with Gasteiger partial charge < -0.3 is 5.32 Å². The normalized spacial score (nSPS) is 19.5. The molecule has 0 unspecified atom stereocenters. The van der Waals surface area contributed by atoms with Crippen molar-refractivity contribution in [3.63, 3.8) is 0 Å². The smallest absolute Gasteiger partial charge is 0.150 e. The zero-order valence-electron chi connectivity index (χ0n) is 13.3. The van der Waals surface area contributed by atoms with Gasteiger partial charge in [0.25, 0.3) is 0 Å². The Morgan fingerprint density at radius 3 is 2.95 bits per heavy atom. The van der Waals surface area contributed by atoms with Crippen molar-refractivity contribution in [1.29, 1.82) is 0 Å². The molecule has 0 bridgehead atoms. The fraction of sp³-hybridized carbons (Fsp3) is 0.625. The molecule has 1 aliphatic rings. The largest absolute Gasteiger partial charge is 0.301 e. The van der Waals surface area contributed by atoms with Crippen molar-refractivity contribution in [1.82, 2.24) is 20.1 Å². The Kier molecular flexibility index (Phi) is 4.13. The lowest BCUT2D eigenvalue weighted by Gasteiger charge is -2.26. The van der Waals surface area contributed by atoms with Crippen LogP contribution in [0.4, 0.5) is 0 Å². The summed E-state index contributed by atoms with van der Waals surface area (Å²) in [6.45, 7) is 9.77. The molecule has 0 spiro atoms. The van der Waals surface area contributed by atoms with E-state index in [1.54, 1.807) is 0 Å². The summed E-state index contributed by atoms with van der Waals surface area (Å²) in [6, 6.07) is 2.98. The Balaban J connectivity index is 1.80. The fourth-order valence-electron chi connectivity index (χ4n) is 3.18. The molecule has 5 heteroatoms. The molecule has 4 nitrogen and oxygen atoms in total. The van der Waals surface area contributed by atoms with E-state index in [0.29, 0.717) is 12.1 Å². The molecule has 0 aliphatic carbocycles. The van der Waals surface area contributed by atoms with Gasteiger partial charge in [0.05, 0.1) is 6.04 Å². The molecule has 1 aliphatic heterocycles. The predicted molar refractivity (Wildman–Crippen MR) is 86.7 cm³/mol. The highest BCUT2D eigenvalue weighted by atomic mass is 32.1. The van der Waals surface area contributed by atoms with E-state index >= 15 is 0 Å². The molecule has 3 rings (SSSR count). The van der Waals surface area contributed by atoms with Gasteiger partial charge in [-0.3, -0.25) is 0 Å². The number of hydrogen-bond acceptors (Lipinski definition) is 4. The van der Waals surface area contributed by atoms with Crippen molar-refractivity contribution in [2.45, 2.75) is 65.6 Å². The lowest BCUT2D eigenvalue weighted by atomic mass is 10.0. The molecule has 0 saturated heterocycles. The molecule has 0 aromatic carbocycles. The zero-order valence-corrected chi connectivity index (χ0v) is 14.1. The Hall–Kier alpha value is -1.20. The molecular formula is C16H24N4S. The highest BCUT2D eigenvalue weighted by Crippen LogP contribution is 2.30. The summed E-state index contributed by atoms with van der Waals surface area (Å²) in [5.41, 5.74) is 1.42. The van der Waals surface area contributed by atoms with Crippen LogP contribution in [0.15, 0.2) is 6.07 Å². The molecular weight excluding hydrogens is 280 g/mol. The van der Waals surface area contributed by atoms with Crippen LogP contribution >= 0.6 is 11.3 Å². The summed E-state index contributed by atoms with van der Waals surface area (Å²) >= 11 is 1.88. The van der Waals surface area contributed by atoms with Crippen LogP contribution in [0, 0.1) is 13.8 Å². The maximum atomic E-state index is 4.72. The molecule has 0 radical (unpaired) electrons. The maximum Gasteiger partial charge on any atom is 0.150 e. The minimum absolute atomic E-state index is 0.321. The molecule has 2 atom stereocenters. The first-order chi connectivity index (χ1) is 10.1. The number of hydrogen-bond donors (Lipinski definition) is 1. The summed E-state index contributed by atoms with van der Waals surface area (Å²) in [4.78, 5) is 7.52. The van der Waals surface area contributed by atoms with Crippen molar-refractivity contribution in [2.75, 3.05) is 0 Å². The molecule has 0 saturated carbocycles. The average molecular weight is 304 g/mol. The van der Waals surface area contributed by atoms with Crippen LogP contribution < -0.4 is 5.32 Å². The van der Waals surface area contributed by atoms with Crippen molar-refractivity contribution >= 4 is 11.3 Å². The number of aromatic nitrogens is 3. The van der Waals surface area contributed by atoms with E-state index < -0.39 is 0 Å². The maximum absolute atomic E-state index is 4.72. The lowest BCUT2D eigenvalue weighted by Crippen LogP contribution is -2.30. The third-order valence-corrected chi connectivity index (χ3v) is 5.21. The zero-order chi connectivity index (χ0) is 15.0. The molecule has 21 heavy (non-hydrogen) atoms. The van der Waals surface area contributed by atoms with Gasteiger partial charge in [-0.2, -0.15) is 5.10 Å². The van der Waals surface area contributed by atoms with Crippen molar-refractivity contribution in [3.05, 3.63) is 33.0 Å². The topological polar surface area (TPSA) is 42.7 Å². The van der Waals surface area contributed by atoms with Gasteiger partial charge in [-0.25, -0.2) is 9.67 Å². The van der Waals surface area contributed by atoms with Crippen LogP contribution in [-0.4, -0.2) is 14.8 Å². The average Bonchev–Trinajstić information content (AvgIpc) is 3.02. The van der Waals surface area contributed by atoms with Crippen LogP contribution in [0.1, 0.15) is 65.7 Å². The van der Waals surface area contributed by atoms with E-state index in [2.05, 4.69) is 48.9 Å². The van der Waals surface area contributed by atoms with Crippen LogP contribution in [-0.2, 0) is 13.0 Å². The molecule has 2 aromatic rings. The number of nitrogens with one attached hydrogen (secondary N) is 1. The molecule has 114 valence electrons. The number of rotatable bonds is 4. The van der Waals surface area contributed by atoms with E-state index in [-0.39, 0.29) is 0 Å². The lowest BCUT2D eigenvalue weighted by molar-refractivity contribution is 0.344. The monoisotopic (exact) mass is 304 g/mol. The van der Waals surface area contributed by atoms with E-state index in [9.17, 15) is 0 Å². The first-order valence-electron chi connectivity index (χ1n) is 7.85. The first kappa shape index (κ1) is 14.7. The van der Waals surface area contributed by atoms with E-state index in [1.807, 2.05) is 11.3 Å². The fourth-order valence-corrected chi connectivity index (χ4v) is 4.20. The Labute approximate surface area is 130 Å². The first-order valence-corrected chi connectivity index (χ1v) is 8.66. The second-order valence-corrected chi connectivity index (χ2v) is 7.38. The van der Waals surface area contributed by atoms with Gasteiger partial charge in [-0.1, -0.05) is 6.92 Å². The summed E-state index contributed by atoms with van der Waals surface area (Å²) in [5.74, 6) is 2.09. The Morgan fingerprint density at radius 2 is 2.29 bits per heavy atom. The SMILES string of the molecule is CCc1nc2n(n1)CCC[C@@H]2N[C@@H](C)c1cc(C)sc1C. The Bertz CT molecular complexity index is 628. The number of thiophene rings is 1. The number of fused-ring (bicyclic) bond motifs is 1. The highest BCUT2D eigenvalue weighted by molar-refractivity contribution is 7.12. The number of aryl methyl sites for hydroxylation is 4. The highest BCUT2D eigenvalue weighted by Gasteiger charge is 2.26. The molecule has 0 fully saturated rings. The van der Waals surface area contributed by atoms with E-state index in [4.69, 9.17) is 4.98 Å². The van der Waals surface area contributed by atoms with Gasteiger partial charge in [-0.05, 0) is 45.2 Å². The Morgan fingerprint density at radius 1 is 1.48 bits per heavy atom. The number of nitrogens with zero attached hydrogens (tertiary/aromatic N) is 3. The van der Waals surface area contributed by atoms with Crippen LogP contribution in [0.3, 0.4) is 0 Å². The summed E-state index contributed by atoms with van der Waals surface area (Å²) in [6.07, 6.45) is 3.23. The van der Waals surface area contributed by atoms with Gasteiger partial charge in [0.1, 0.15) is 5.82 Å². The summed E-state index contributed by atoms with van der Waals surface area (Å²) < 4.78 is 2.10.